The molecule has 4 nitrogen and oxygen atoms in total. The van der Waals surface area contributed by atoms with E-state index in [0.717, 1.165) is 27.4 Å². The third-order valence-corrected chi connectivity index (χ3v) is 4.16. The molecule has 0 amide bonds. The number of rotatable bonds is 3. The van der Waals surface area contributed by atoms with E-state index in [0.29, 0.717) is 5.82 Å². The minimum atomic E-state index is 0.499. The first-order valence-electron chi connectivity index (χ1n) is 6.24. The van der Waals surface area contributed by atoms with Crippen LogP contribution in [0.2, 0.25) is 0 Å². The number of benzene rings is 1. The van der Waals surface area contributed by atoms with Crippen molar-refractivity contribution >= 4 is 17.2 Å². The van der Waals surface area contributed by atoms with Crippen LogP contribution >= 0.6 is 11.3 Å². The third kappa shape index (κ3) is 2.16. The summed E-state index contributed by atoms with van der Waals surface area (Å²) >= 11 is 1.71. The van der Waals surface area contributed by atoms with Crippen molar-refractivity contribution in [3.63, 3.8) is 0 Å². The first-order chi connectivity index (χ1) is 9.69. The van der Waals surface area contributed by atoms with Gasteiger partial charge in [-0.05, 0) is 36.8 Å². The van der Waals surface area contributed by atoms with E-state index < -0.39 is 0 Å². The van der Waals surface area contributed by atoms with Crippen molar-refractivity contribution in [2.45, 2.75) is 6.92 Å². The van der Waals surface area contributed by atoms with Gasteiger partial charge in [0.1, 0.15) is 5.75 Å². The fourth-order valence-electron chi connectivity index (χ4n) is 2.17. The number of nitrogen functional groups attached to an aromatic ring is 1. The molecule has 0 saturated heterocycles. The largest absolute Gasteiger partial charge is 0.497 e. The summed E-state index contributed by atoms with van der Waals surface area (Å²) in [6.07, 6.45) is 0. The van der Waals surface area contributed by atoms with Crippen molar-refractivity contribution in [1.82, 2.24) is 10.2 Å². The maximum absolute atomic E-state index is 6.03. The molecule has 20 heavy (non-hydrogen) atoms. The van der Waals surface area contributed by atoms with Crippen molar-refractivity contribution in [3.8, 4) is 27.4 Å². The van der Waals surface area contributed by atoms with Gasteiger partial charge in [-0.1, -0.05) is 12.1 Å². The van der Waals surface area contributed by atoms with Gasteiger partial charge >= 0.3 is 0 Å². The molecular weight excluding hydrogens is 270 g/mol. The molecule has 3 rings (SSSR count). The molecule has 3 N–H and O–H groups in total. The van der Waals surface area contributed by atoms with Crippen molar-refractivity contribution in [1.29, 1.82) is 0 Å². The van der Waals surface area contributed by atoms with Gasteiger partial charge < -0.3 is 10.5 Å². The van der Waals surface area contributed by atoms with E-state index in [4.69, 9.17) is 10.5 Å². The lowest BCUT2D eigenvalue weighted by molar-refractivity contribution is 0.415. The van der Waals surface area contributed by atoms with Gasteiger partial charge in [-0.25, -0.2) is 0 Å². The van der Waals surface area contributed by atoms with Crippen LogP contribution in [0, 0.1) is 6.92 Å². The number of H-pyrrole nitrogens is 1. The highest BCUT2D eigenvalue weighted by atomic mass is 32.1. The zero-order valence-electron chi connectivity index (χ0n) is 11.3. The summed E-state index contributed by atoms with van der Waals surface area (Å²) < 4.78 is 5.27. The molecule has 0 aliphatic rings. The number of anilines is 1. The molecule has 0 saturated carbocycles. The topological polar surface area (TPSA) is 63.9 Å². The lowest BCUT2D eigenvalue weighted by Crippen LogP contribution is -1.89. The Labute approximate surface area is 121 Å². The normalized spacial score (nSPS) is 10.7. The highest BCUT2D eigenvalue weighted by molar-refractivity contribution is 7.15. The fraction of sp³-hybridized carbons (Fsp3) is 0.133. The number of aromatic nitrogens is 2. The van der Waals surface area contributed by atoms with Crippen molar-refractivity contribution in [2.24, 2.45) is 0 Å². The maximum Gasteiger partial charge on any atom is 0.153 e. The zero-order chi connectivity index (χ0) is 14.1. The van der Waals surface area contributed by atoms with Gasteiger partial charge in [0.05, 0.1) is 23.2 Å². The highest BCUT2D eigenvalue weighted by Gasteiger charge is 2.16. The number of aryl methyl sites for hydroxylation is 1. The zero-order valence-corrected chi connectivity index (χ0v) is 12.1. The average molecular weight is 285 g/mol. The lowest BCUT2D eigenvalue weighted by atomic mass is 10.0. The van der Waals surface area contributed by atoms with Gasteiger partial charge in [0.25, 0.3) is 0 Å². The number of hydrogen-bond donors (Lipinski definition) is 2. The quantitative estimate of drug-likeness (QED) is 0.771. The summed E-state index contributed by atoms with van der Waals surface area (Å²) in [5, 5.41) is 7.19. The summed E-state index contributed by atoms with van der Waals surface area (Å²) in [7, 11) is 1.65. The van der Waals surface area contributed by atoms with E-state index in [1.807, 2.05) is 24.3 Å². The summed E-state index contributed by atoms with van der Waals surface area (Å²) in [6.45, 7) is 2.08. The highest BCUT2D eigenvalue weighted by Crippen LogP contribution is 2.38. The van der Waals surface area contributed by atoms with Gasteiger partial charge in [-0.3, -0.25) is 5.10 Å². The van der Waals surface area contributed by atoms with Crippen molar-refractivity contribution < 1.29 is 4.74 Å². The molecule has 0 bridgehead atoms. The second-order valence-corrected chi connectivity index (χ2v) is 5.79. The Balaban J connectivity index is 2.15. The summed E-state index contributed by atoms with van der Waals surface area (Å²) in [6, 6.07) is 12.0. The Hall–Kier alpha value is -2.27. The fourth-order valence-corrected chi connectivity index (χ4v) is 3.04. The van der Waals surface area contributed by atoms with E-state index in [1.165, 1.54) is 4.88 Å². The van der Waals surface area contributed by atoms with Gasteiger partial charge in [0.15, 0.2) is 5.82 Å². The lowest BCUT2D eigenvalue weighted by Gasteiger charge is -2.05. The molecule has 0 aliphatic heterocycles. The first-order valence-corrected chi connectivity index (χ1v) is 7.06. The smallest absolute Gasteiger partial charge is 0.153 e. The molecule has 2 heterocycles. The SMILES string of the molecule is COc1cccc(-c2c(N)n[nH]c2-c2ccc(C)s2)c1. The predicted molar refractivity (Wildman–Crippen MR) is 83.0 cm³/mol. The third-order valence-electron chi connectivity index (χ3n) is 3.14. The number of nitrogens with one attached hydrogen (secondary N) is 1. The average Bonchev–Trinajstić information content (AvgIpc) is 3.05. The molecule has 5 heteroatoms. The first kappa shape index (κ1) is 12.7. The molecule has 0 radical (unpaired) electrons. The molecule has 0 fully saturated rings. The van der Waals surface area contributed by atoms with E-state index in [-0.39, 0.29) is 0 Å². The van der Waals surface area contributed by atoms with E-state index >= 15 is 0 Å². The van der Waals surface area contributed by atoms with Crippen molar-refractivity contribution in [3.05, 3.63) is 41.3 Å². The number of methoxy groups -OCH3 is 1. The van der Waals surface area contributed by atoms with E-state index in [2.05, 4.69) is 29.3 Å². The van der Waals surface area contributed by atoms with E-state index in [1.54, 1.807) is 18.4 Å². The number of aromatic amines is 1. The van der Waals surface area contributed by atoms with E-state index in [9.17, 15) is 0 Å². The minimum Gasteiger partial charge on any atom is -0.497 e. The number of thiophene rings is 1. The molecule has 1 aromatic carbocycles. The standard InChI is InChI=1S/C15H15N3OS/c1-9-6-7-12(20-9)14-13(15(16)18-17-14)10-4-3-5-11(8-10)19-2/h3-8H,1-2H3,(H3,16,17,18). The molecule has 0 spiro atoms. The minimum absolute atomic E-state index is 0.499. The molecule has 0 aliphatic carbocycles. The number of nitrogens with two attached hydrogens (primary N) is 1. The molecule has 3 aromatic rings. The molecule has 0 unspecified atom stereocenters. The molecular formula is C15H15N3OS. The maximum atomic E-state index is 6.03. The molecule has 0 atom stereocenters. The van der Waals surface area contributed by atoms with Gasteiger partial charge in [0, 0.05) is 4.88 Å². The Bertz CT molecular complexity index is 745. The second-order valence-electron chi connectivity index (χ2n) is 4.50. The Morgan fingerprint density at radius 3 is 2.80 bits per heavy atom. The van der Waals surface area contributed by atoms with Gasteiger partial charge in [0.2, 0.25) is 0 Å². The summed E-state index contributed by atoms with van der Waals surface area (Å²) in [4.78, 5) is 2.38. The predicted octanol–water partition coefficient (Wildman–Crippen LogP) is 3.70. The van der Waals surface area contributed by atoms with Gasteiger partial charge in [-0.15, -0.1) is 11.3 Å². The van der Waals surface area contributed by atoms with Crippen LogP contribution in [0.3, 0.4) is 0 Å². The molecule has 102 valence electrons. The second kappa shape index (κ2) is 5.02. The van der Waals surface area contributed by atoms with Crippen LogP contribution in [0.4, 0.5) is 5.82 Å². The van der Waals surface area contributed by atoms with Crippen molar-refractivity contribution in [2.75, 3.05) is 12.8 Å². The van der Waals surface area contributed by atoms with Gasteiger partial charge in [-0.2, -0.15) is 5.10 Å². The van der Waals surface area contributed by atoms with Crippen LogP contribution < -0.4 is 10.5 Å². The number of hydrogen-bond acceptors (Lipinski definition) is 4. The van der Waals surface area contributed by atoms with Crippen LogP contribution in [0.15, 0.2) is 36.4 Å². The van der Waals surface area contributed by atoms with Crippen LogP contribution in [0.5, 0.6) is 5.75 Å². The Kier molecular flexibility index (Phi) is 3.20. The molecule has 2 aromatic heterocycles. The number of nitrogens with zero attached hydrogens (tertiary/aromatic N) is 1. The Morgan fingerprint density at radius 1 is 1.25 bits per heavy atom. The summed E-state index contributed by atoms with van der Waals surface area (Å²) in [5.74, 6) is 1.30. The van der Waals surface area contributed by atoms with Crippen LogP contribution in [0.1, 0.15) is 4.88 Å². The van der Waals surface area contributed by atoms with Crippen LogP contribution in [-0.4, -0.2) is 17.3 Å². The number of ether oxygens (including phenoxy) is 1. The Morgan fingerprint density at radius 2 is 2.10 bits per heavy atom. The summed E-state index contributed by atoms with van der Waals surface area (Å²) in [5.41, 5.74) is 8.90. The van der Waals surface area contributed by atoms with Crippen LogP contribution in [0.25, 0.3) is 21.7 Å². The monoisotopic (exact) mass is 285 g/mol. The van der Waals surface area contributed by atoms with Crippen LogP contribution in [-0.2, 0) is 0 Å².